The van der Waals surface area contributed by atoms with E-state index in [-0.39, 0.29) is 11.1 Å². The van der Waals surface area contributed by atoms with Crippen molar-refractivity contribution in [2.75, 3.05) is 7.11 Å². The maximum atomic E-state index is 12.4. The Labute approximate surface area is 204 Å². The van der Waals surface area contributed by atoms with Crippen molar-refractivity contribution in [3.63, 3.8) is 0 Å². The number of carbonyl (C=O) groups is 1. The van der Waals surface area contributed by atoms with Crippen LogP contribution in [0.1, 0.15) is 43.0 Å². The number of esters is 1. The summed E-state index contributed by atoms with van der Waals surface area (Å²) in [5, 5.41) is 0.643. The van der Waals surface area contributed by atoms with Crippen LogP contribution in [-0.2, 0) is 21.6 Å². The number of nitrogens with zero attached hydrogens (tertiary/aromatic N) is 1. The second kappa shape index (κ2) is 9.74. The molecule has 0 amide bonds. The lowest BCUT2D eigenvalue weighted by atomic mass is 9.87. The molecule has 34 heavy (non-hydrogen) atoms. The first-order valence-electron chi connectivity index (χ1n) is 10.9. The molecule has 0 fully saturated rings. The number of benzene rings is 3. The maximum absolute atomic E-state index is 12.4. The van der Waals surface area contributed by atoms with Gasteiger partial charge < -0.3 is 14.2 Å². The fourth-order valence-corrected chi connectivity index (χ4v) is 3.66. The molecule has 0 aliphatic carbocycles. The minimum Gasteiger partial charge on any atom is -0.493 e. The molecule has 0 radical (unpaired) electrons. The summed E-state index contributed by atoms with van der Waals surface area (Å²) in [6.07, 6.45) is 1.67. The van der Waals surface area contributed by atoms with Gasteiger partial charge in [0.15, 0.2) is 17.2 Å². The largest absolute Gasteiger partial charge is 0.493 e. The number of hydrogen-bond donors (Lipinski definition) is 0. The number of ether oxygens (including phenoxy) is 3. The minimum absolute atomic E-state index is 0.0417. The molecule has 1 aliphatic heterocycles. The molecule has 0 spiro atoms. The highest BCUT2D eigenvalue weighted by atomic mass is 35.5. The Morgan fingerprint density at radius 2 is 1.74 bits per heavy atom. The lowest BCUT2D eigenvalue weighted by Gasteiger charge is -2.18. The van der Waals surface area contributed by atoms with Gasteiger partial charge in [0.2, 0.25) is 5.90 Å². The molecule has 0 N–H and O–H groups in total. The topological polar surface area (TPSA) is 57.1 Å². The number of carbonyl (C=O) groups excluding carboxylic acids is 1. The van der Waals surface area contributed by atoms with Gasteiger partial charge in [-0.25, -0.2) is 9.79 Å². The molecule has 174 valence electrons. The summed E-state index contributed by atoms with van der Waals surface area (Å²) in [7, 11) is 1.57. The van der Waals surface area contributed by atoms with Crippen molar-refractivity contribution in [3.8, 4) is 11.5 Å². The number of halogens is 1. The predicted molar refractivity (Wildman–Crippen MR) is 135 cm³/mol. The summed E-state index contributed by atoms with van der Waals surface area (Å²) in [6, 6.07) is 20.8. The summed E-state index contributed by atoms with van der Waals surface area (Å²) < 4.78 is 16.8. The van der Waals surface area contributed by atoms with Crippen LogP contribution in [-0.4, -0.2) is 19.0 Å². The lowest BCUT2D eigenvalue weighted by Crippen LogP contribution is -2.11. The highest BCUT2D eigenvalue weighted by Crippen LogP contribution is 2.31. The van der Waals surface area contributed by atoms with Crippen molar-refractivity contribution < 1.29 is 19.0 Å². The third kappa shape index (κ3) is 5.32. The Hall–Kier alpha value is -3.57. The molecule has 1 heterocycles. The summed E-state index contributed by atoms with van der Waals surface area (Å²) in [4.78, 5) is 16.8. The summed E-state index contributed by atoms with van der Waals surface area (Å²) in [6.45, 7) is 6.76. The van der Waals surface area contributed by atoms with Gasteiger partial charge in [-0.1, -0.05) is 68.8 Å². The Balaban J connectivity index is 1.53. The number of cyclic esters (lactones) is 1. The van der Waals surface area contributed by atoms with Crippen LogP contribution in [0.15, 0.2) is 77.4 Å². The van der Waals surface area contributed by atoms with E-state index in [4.69, 9.17) is 25.8 Å². The van der Waals surface area contributed by atoms with E-state index in [9.17, 15) is 4.79 Å². The SMILES string of the molecule is COc1cc(/C=C2\N=C(c3ccc(C(C)(C)C)cc3)OC2=O)ccc1OCc1ccccc1Cl. The first-order valence-corrected chi connectivity index (χ1v) is 11.3. The van der Waals surface area contributed by atoms with E-state index in [0.717, 1.165) is 16.7 Å². The third-order valence-electron chi connectivity index (χ3n) is 5.45. The number of hydrogen-bond acceptors (Lipinski definition) is 5. The third-order valence-corrected chi connectivity index (χ3v) is 5.82. The van der Waals surface area contributed by atoms with Gasteiger partial charge in [0.1, 0.15) is 6.61 Å². The zero-order chi connectivity index (χ0) is 24.3. The van der Waals surface area contributed by atoms with E-state index in [1.165, 1.54) is 5.56 Å². The van der Waals surface area contributed by atoms with Gasteiger partial charge in [0.25, 0.3) is 0 Å². The zero-order valence-corrected chi connectivity index (χ0v) is 20.3. The molecule has 0 saturated heterocycles. The van der Waals surface area contributed by atoms with Gasteiger partial charge in [-0.3, -0.25) is 0 Å². The summed E-state index contributed by atoms with van der Waals surface area (Å²) in [5.74, 6) is 0.910. The minimum atomic E-state index is -0.493. The molecule has 4 rings (SSSR count). The quantitative estimate of drug-likeness (QED) is 0.299. The summed E-state index contributed by atoms with van der Waals surface area (Å²) in [5.41, 5.74) is 3.83. The fourth-order valence-electron chi connectivity index (χ4n) is 3.47. The predicted octanol–water partition coefficient (Wildman–Crippen LogP) is 6.57. The average Bonchev–Trinajstić information content (AvgIpc) is 3.18. The Morgan fingerprint density at radius 1 is 1.00 bits per heavy atom. The van der Waals surface area contributed by atoms with E-state index < -0.39 is 5.97 Å². The van der Waals surface area contributed by atoms with Crippen molar-refractivity contribution in [3.05, 3.63) is 99.7 Å². The van der Waals surface area contributed by atoms with Crippen molar-refractivity contribution in [1.29, 1.82) is 0 Å². The monoisotopic (exact) mass is 475 g/mol. The second-order valence-corrected chi connectivity index (χ2v) is 9.36. The molecular weight excluding hydrogens is 450 g/mol. The molecule has 1 aliphatic rings. The van der Waals surface area contributed by atoms with E-state index in [2.05, 4.69) is 25.8 Å². The van der Waals surface area contributed by atoms with Crippen molar-refractivity contribution in [1.82, 2.24) is 0 Å². The van der Waals surface area contributed by atoms with Crippen molar-refractivity contribution in [2.24, 2.45) is 4.99 Å². The number of methoxy groups -OCH3 is 1. The highest BCUT2D eigenvalue weighted by Gasteiger charge is 2.25. The van der Waals surface area contributed by atoms with Crippen LogP contribution in [0.2, 0.25) is 5.02 Å². The van der Waals surface area contributed by atoms with E-state index in [1.54, 1.807) is 25.3 Å². The van der Waals surface area contributed by atoms with Crippen LogP contribution in [0, 0.1) is 0 Å². The fraction of sp³-hybridized carbons (Fsp3) is 0.214. The van der Waals surface area contributed by atoms with Gasteiger partial charge >= 0.3 is 5.97 Å². The summed E-state index contributed by atoms with van der Waals surface area (Å²) >= 11 is 6.21. The number of rotatable bonds is 6. The van der Waals surface area contributed by atoms with Gasteiger partial charge in [-0.2, -0.15) is 0 Å². The number of aliphatic imine (C=N–C) groups is 1. The van der Waals surface area contributed by atoms with E-state index in [1.807, 2.05) is 54.6 Å². The molecule has 6 heteroatoms. The molecule has 3 aromatic carbocycles. The van der Waals surface area contributed by atoms with Gasteiger partial charge in [-0.15, -0.1) is 0 Å². The maximum Gasteiger partial charge on any atom is 0.363 e. The Kier molecular flexibility index (Phi) is 6.75. The normalized spacial score (nSPS) is 14.7. The Morgan fingerprint density at radius 3 is 2.41 bits per heavy atom. The molecule has 0 saturated carbocycles. The average molecular weight is 476 g/mol. The van der Waals surface area contributed by atoms with Crippen LogP contribution < -0.4 is 9.47 Å². The molecule has 0 atom stereocenters. The molecule has 5 nitrogen and oxygen atoms in total. The van der Waals surface area contributed by atoms with Crippen LogP contribution >= 0.6 is 11.6 Å². The van der Waals surface area contributed by atoms with Crippen LogP contribution in [0.25, 0.3) is 6.08 Å². The van der Waals surface area contributed by atoms with Crippen LogP contribution in [0.5, 0.6) is 11.5 Å². The van der Waals surface area contributed by atoms with E-state index >= 15 is 0 Å². The second-order valence-electron chi connectivity index (χ2n) is 8.95. The first kappa shape index (κ1) is 23.6. The highest BCUT2D eigenvalue weighted by molar-refractivity contribution is 6.31. The zero-order valence-electron chi connectivity index (χ0n) is 19.6. The molecule has 0 unspecified atom stereocenters. The van der Waals surface area contributed by atoms with Gasteiger partial charge in [0.05, 0.1) is 7.11 Å². The van der Waals surface area contributed by atoms with Crippen LogP contribution in [0.3, 0.4) is 0 Å². The molecule has 0 bridgehead atoms. The van der Waals surface area contributed by atoms with E-state index in [0.29, 0.717) is 29.0 Å². The van der Waals surface area contributed by atoms with Gasteiger partial charge in [0, 0.05) is 16.1 Å². The van der Waals surface area contributed by atoms with Crippen molar-refractivity contribution in [2.45, 2.75) is 32.8 Å². The molecule has 3 aromatic rings. The molecule has 0 aromatic heterocycles. The van der Waals surface area contributed by atoms with Crippen LogP contribution in [0.4, 0.5) is 0 Å². The lowest BCUT2D eigenvalue weighted by molar-refractivity contribution is -0.129. The smallest absolute Gasteiger partial charge is 0.363 e. The Bertz CT molecular complexity index is 1270. The van der Waals surface area contributed by atoms with Gasteiger partial charge in [-0.05, 0) is 52.9 Å². The standard InChI is InChI=1S/C28H26ClNO4/c1-28(2,3)21-12-10-19(11-13-21)26-30-23(27(31)34-26)15-18-9-14-24(25(16-18)32-4)33-17-20-7-5-6-8-22(20)29/h5-16H,17H2,1-4H3/b23-15-. The molecular formula is C28H26ClNO4. The van der Waals surface area contributed by atoms with Crippen molar-refractivity contribution >= 4 is 29.5 Å². The first-order chi connectivity index (χ1) is 16.2.